The van der Waals surface area contributed by atoms with Crippen LogP contribution < -0.4 is 5.73 Å². The molecule has 1 aliphatic rings. The van der Waals surface area contributed by atoms with E-state index in [2.05, 4.69) is 4.90 Å². The van der Waals surface area contributed by atoms with E-state index in [1.165, 1.54) is 19.3 Å². The second kappa shape index (κ2) is 6.86. The van der Waals surface area contributed by atoms with Gasteiger partial charge in [-0.3, -0.25) is 9.69 Å². The predicted octanol–water partition coefficient (Wildman–Crippen LogP) is 0.999. The van der Waals surface area contributed by atoms with Gasteiger partial charge >= 0.3 is 5.97 Å². The van der Waals surface area contributed by atoms with Gasteiger partial charge in [-0.1, -0.05) is 12.8 Å². The number of likely N-dealkylation sites (N-methyl/N-ethyl adjacent to an activating group) is 1. The van der Waals surface area contributed by atoms with Crippen molar-refractivity contribution in [2.45, 2.75) is 38.6 Å². The molecule has 4 nitrogen and oxygen atoms in total. The SMILES string of the molecule is CCOC(=O)CN(C)C1CCCCC1CN. The molecular formula is C12H24N2O2. The van der Waals surface area contributed by atoms with Crippen LogP contribution in [0.3, 0.4) is 0 Å². The van der Waals surface area contributed by atoms with Gasteiger partial charge in [0.05, 0.1) is 13.2 Å². The minimum atomic E-state index is -0.133. The first-order chi connectivity index (χ1) is 7.69. The third-order valence-corrected chi connectivity index (χ3v) is 3.42. The fraction of sp³-hybridized carbons (Fsp3) is 0.917. The van der Waals surface area contributed by atoms with Crippen LogP contribution in [0.2, 0.25) is 0 Å². The average Bonchev–Trinajstić information content (AvgIpc) is 2.29. The summed E-state index contributed by atoms with van der Waals surface area (Å²) in [4.78, 5) is 13.5. The van der Waals surface area contributed by atoms with Crippen LogP contribution in [0.25, 0.3) is 0 Å². The molecule has 2 unspecified atom stereocenters. The average molecular weight is 228 g/mol. The molecule has 0 spiro atoms. The monoisotopic (exact) mass is 228 g/mol. The van der Waals surface area contributed by atoms with Crippen molar-refractivity contribution in [3.63, 3.8) is 0 Å². The zero-order chi connectivity index (χ0) is 12.0. The largest absolute Gasteiger partial charge is 0.465 e. The van der Waals surface area contributed by atoms with Gasteiger partial charge in [-0.25, -0.2) is 0 Å². The minimum Gasteiger partial charge on any atom is -0.465 e. The molecule has 0 radical (unpaired) electrons. The van der Waals surface area contributed by atoms with E-state index in [-0.39, 0.29) is 5.97 Å². The number of ether oxygens (including phenoxy) is 1. The summed E-state index contributed by atoms with van der Waals surface area (Å²) in [7, 11) is 2.00. The van der Waals surface area contributed by atoms with Crippen molar-refractivity contribution in [1.82, 2.24) is 4.90 Å². The van der Waals surface area contributed by atoms with E-state index in [1.54, 1.807) is 0 Å². The molecule has 0 aliphatic heterocycles. The summed E-state index contributed by atoms with van der Waals surface area (Å²) in [5.74, 6) is 0.402. The molecule has 0 heterocycles. The summed E-state index contributed by atoms with van der Waals surface area (Å²) < 4.78 is 4.96. The summed E-state index contributed by atoms with van der Waals surface area (Å²) in [5, 5.41) is 0. The van der Waals surface area contributed by atoms with Gasteiger partial charge in [-0.15, -0.1) is 0 Å². The van der Waals surface area contributed by atoms with Crippen LogP contribution in [-0.4, -0.2) is 43.7 Å². The number of esters is 1. The number of hydrogen-bond acceptors (Lipinski definition) is 4. The van der Waals surface area contributed by atoms with E-state index in [4.69, 9.17) is 10.5 Å². The highest BCUT2D eigenvalue weighted by atomic mass is 16.5. The lowest BCUT2D eigenvalue weighted by Gasteiger charge is -2.36. The maximum atomic E-state index is 11.4. The van der Waals surface area contributed by atoms with Crippen LogP contribution in [0, 0.1) is 5.92 Å². The molecule has 0 amide bonds. The van der Waals surface area contributed by atoms with E-state index in [0.717, 1.165) is 13.0 Å². The minimum absolute atomic E-state index is 0.133. The van der Waals surface area contributed by atoms with E-state index in [1.807, 2.05) is 14.0 Å². The first-order valence-corrected chi connectivity index (χ1v) is 6.25. The van der Waals surface area contributed by atoms with Gasteiger partial charge in [0.25, 0.3) is 0 Å². The number of carbonyl (C=O) groups excluding carboxylic acids is 1. The second-order valence-corrected chi connectivity index (χ2v) is 4.57. The van der Waals surface area contributed by atoms with Gasteiger partial charge < -0.3 is 10.5 Å². The molecule has 1 saturated carbocycles. The normalized spacial score (nSPS) is 25.8. The summed E-state index contributed by atoms with van der Waals surface area (Å²) in [6, 6.07) is 0.447. The van der Waals surface area contributed by atoms with Crippen molar-refractivity contribution in [3.8, 4) is 0 Å². The van der Waals surface area contributed by atoms with Gasteiger partial charge in [0.15, 0.2) is 0 Å². The molecule has 1 fully saturated rings. The Hall–Kier alpha value is -0.610. The van der Waals surface area contributed by atoms with Crippen LogP contribution in [0.15, 0.2) is 0 Å². The molecule has 2 atom stereocenters. The number of nitrogens with two attached hydrogens (primary N) is 1. The number of rotatable bonds is 5. The molecule has 0 aromatic heterocycles. The third kappa shape index (κ3) is 3.76. The van der Waals surface area contributed by atoms with Crippen molar-refractivity contribution in [1.29, 1.82) is 0 Å². The van der Waals surface area contributed by atoms with Gasteiger partial charge in [0, 0.05) is 6.04 Å². The zero-order valence-corrected chi connectivity index (χ0v) is 10.4. The zero-order valence-electron chi connectivity index (χ0n) is 10.4. The highest BCUT2D eigenvalue weighted by Gasteiger charge is 2.28. The molecule has 94 valence electrons. The highest BCUT2D eigenvalue weighted by molar-refractivity contribution is 5.71. The maximum absolute atomic E-state index is 11.4. The van der Waals surface area contributed by atoms with E-state index < -0.39 is 0 Å². The number of carbonyl (C=O) groups is 1. The van der Waals surface area contributed by atoms with Crippen molar-refractivity contribution in [2.75, 3.05) is 26.7 Å². The Kier molecular flexibility index (Phi) is 5.77. The van der Waals surface area contributed by atoms with E-state index in [0.29, 0.717) is 25.1 Å². The van der Waals surface area contributed by atoms with Gasteiger partial charge in [0.1, 0.15) is 0 Å². The number of nitrogens with zero attached hydrogens (tertiary/aromatic N) is 1. The van der Waals surface area contributed by atoms with Crippen molar-refractivity contribution in [3.05, 3.63) is 0 Å². The van der Waals surface area contributed by atoms with Crippen molar-refractivity contribution in [2.24, 2.45) is 11.7 Å². The van der Waals surface area contributed by atoms with Crippen molar-refractivity contribution >= 4 is 5.97 Å². The summed E-state index contributed by atoms with van der Waals surface area (Å²) >= 11 is 0. The first kappa shape index (κ1) is 13.5. The summed E-state index contributed by atoms with van der Waals surface area (Å²) in [5.41, 5.74) is 5.78. The molecule has 0 saturated heterocycles. The molecule has 2 N–H and O–H groups in total. The Bertz CT molecular complexity index is 221. The predicted molar refractivity (Wildman–Crippen MR) is 64.1 cm³/mol. The Balaban J connectivity index is 2.43. The van der Waals surface area contributed by atoms with Crippen LogP contribution in [0.5, 0.6) is 0 Å². The lowest BCUT2D eigenvalue weighted by Crippen LogP contribution is -2.45. The Morgan fingerprint density at radius 1 is 1.44 bits per heavy atom. The van der Waals surface area contributed by atoms with E-state index >= 15 is 0 Å². The Morgan fingerprint density at radius 3 is 2.75 bits per heavy atom. The molecule has 1 aliphatic carbocycles. The molecular weight excluding hydrogens is 204 g/mol. The summed E-state index contributed by atoms with van der Waals surface area (Å²) in [6.07, 6.45) is 4.85. The lowest BCUT2D eigenvalue weighted by molar-refractivity contribution is -0.145. The quantitative estimate of drug-likeness (QED) is 0.713. The fourth-order valence-electron chi connectivity index (χ4n) is 2.57. The molecule has 0 aromatic carbocycles. The molecule has 16 heavy (non-hydrogen) atoms. The lowest BCUT2D eigenvalue weighted by atomic mass is 9.84. The first-order valence-electron chi connectivity index (χ1n) is 6.25. The van der Waals surface area contributed by atoms with Crippen molar-refractivity contribution < 1.29 is 9.53 Å². The Morgan fingerprint density at radius 2 is 2.12 bits per heavy atom. The number of hydrogen-bond donors (Lipinski definition) is 1. The topological polar surface area (TPSA) is 55.6 Å². The van der Waals surface area contributed by atoms with E-state index in [9.17, 15) is 4.79 Å². The van der Waals surface area contributed by atoms with Crippen LogP contribution in [0.4, 0.5) is 0 Å². The molecule has 0 aromatic rings. The Labute approximate surface area is 98.1 Å². The fourth-order valence-corrected chi connectivity index (χ4v) is 2.57. The molecule has 0 bridgehead atoms. The summed E-state index contributed by atoms with van der Waals surface area (Å²) in [6.45, 7) is 3.39. The van der Waals surface area contributed by atoms with Crippen LogP contribution >= 0.6 is 0 Å². The third-order valence-electron chi connectivity index (χ3n) is 3.42. The van der Waals surface area contributed by atoms with Crippen LogP contribution in [-0.2, 0) is 9.53 Å². The van der Waals surface area contributed by atoms with Gasteiger partial charge in [-0.2, -0.15) is 0 Å². The highest BCUT2D eigenvalue weighted by Crippen LogP contribution is 2.26. The molecule has 4 heteroatoms. The maximum Gasteiger partial charge on any atom is 0.320 e. The smallest absolute Gasteiger partial charge is 0.320 e. The molecule has 1 rings (SSSR count). The second-order valence-electron chi connectivity index (χ2n) is 4.57. The van der Waals surface area contributed by atoms with Crippen LogP contribution in [0.1, 0.15) is 32.6 Å². The van der Waals surface area contributed by atoms with Gasteiger partial charge in [0.2, 0.25) is 0 Å². The standard InChI is InChI=1S/C12H24N2O2/c1-3-16-12(15)9-14(2)11-7-5-4-6-10(11)8-13/h10-11H,3-9,13H2,1-2H3. The van der Waals surface area contributed by atoms with Gasteiger partial charge in [-0.05, 0) is 39.3 Å².